The average molecular weight is 234 g/mol. The number of ether oxygens (including phenoxy) is 1. The van der Waals surface area contributed by atoms with E-state index in [1.807, 2.05) is 0 Å². The number of esters is 1. The summed E-state index contributed by atoms with van der Waals surface area (Å²) < 4.78 is 51.8. The van der Waals surface area contributed by atoms with Crippen molar-refractivity contribution in [2.75, 3.05) is 0 Å². The second-order valence-electron chi connectivity index (χ2n) is 2.73. The number of halogens is 4. The first-order valence-corrected chi connectivity index (χ1v) is 4.10. The highest BCUT2D eigenvalue weighted by Crippen LogP contribution is 2.27. The van der Waals surface area contributed by atoms with Gasteiger partial charge in [0.15, 0.2) is 0 Å². The predicted octanol–water partition coefficient (Wildman–Crippen LogP) is 3.22. The minimum absolute atomic E-state index is 0.0916. The molecule has 1 aromatic rings. The lowest BCUT2D eigenvalue weighted by Crippen LogP contribution is -2.18. The van der Waals surface area contributed by atoms with Crippen molar-refractivity contribution in [1.29, 1.82) is 0 Å². The summed E-state index contributed by atoms with van der Waals surface area (Å²) in [4.78, 5) is 11.1. The molecule has 0 bridgehead atoms. The Morgan fingerprint density at radius 2 is 1.75 bits per heavy atom. The fourth-order valence-corrected chi connectivity index (χ4v) is 0.875. The standard InChI is InChI=1S/C10H6F4O2/c11-6-8(10(12,13)14)16-9(15)7-4-2-1-3-5-7/h1-6H/b8-6+. The third kappa shape index (κ3) is 3.08. The smallest absolute Gasteiger partial charge is 0.415 e. The molecular weight excluding hydrogens is 228 g/mol. The Hall–Kier alpha value is -1.85. The van der Waals surface area contributed by atoms with Crippen molar-refractivity contribution < 1.29 is 27.1 Å². The minimum atomic E-state index is -5.03. The summed E-state index contributed by atoms with van der Waals surface area (Å²) in [6.07, 6.45) is -5.82. The normalized spacial score (nSPS) is 12.4. The Balaban J connectivity index is 2.80. The molecule has 16 heavy (non-hydrogen) atoms. The van der Waals surface area contributed by atoms with Gasteiger partial charge < -0.3 is 4.74 Å². The van der Waals surface area contributed by atoms with Crippen LogP contribution >= 0.6 is 0 Å². The van der Waals surface area contributed by atoms with Crippen LogP contribution in [0, 0.1) is 0 Å². The van der Waals surface area contributed by atoms with Crippen molar-refractivity contribution >= 4 is 5.97 Å². The van der Waals surface area contributed by atoms with Crippen molar-refractivity contribution in [2.45, 2.75) is 6.18 Å². The second-order valence-corrected chi connectivity index (χ2v) is 2.73. The number of allylic oxidation sites excluding steroid dienone is 1. The lowest BCUT2D eigenvalue weighted by atomic mass is 10.2. The topological polar surface area (TPSA) is 26.3 Å². The number of carbonyl (C=O) groups is 1. The third-order valence-electron chi connectivity index (χ3n) is 1.59. The number of benzene rings is 1. The Bertz CT molecular complexity index is 395. The summed E-state index contributed by atoms with van der Waals surface area (Å²) in [7, 11) is 0. The summed E-state index contributed by atoms with van der Waals surface area (Å²) >= 11 is 0. The van der Waals surface area contributed by atoms with Gasteiger partial charge >= 0.3 is 12.1 Å². The van der Waals surface area contributed by atoms with Gasteiger partial charge in [0.1, 0.15) is 6.33 Å². The Labute approximate surface area is 88.1 Å². The molecule has 1 rings (SSSR count). The van der Waals surface area contributed by atoms with Gasteiger partial charge in [-0.25, -0.2) is 9.18 Å². The number of rotatable bonds is 2. The monoisotopic (exact) mass is 234 g/mol. The van der Waals surface area contributed by atoms with Crippen molar-refractivity contribution in [2.24, 2.45) is 0 Å². The molecule has 0 spiro atoms. The number of alkyl halides is 3. The van der Waals surface area contributed by atoms with Crippen LogP contribution in [0.3, 0.4) is 0 Å². The molecule has 0 saturated carbocycles. The zero-order chi connectivity index (χ0) is 12.2. The summed E-state index contributed by atoms with van der Waals surface area (Å²) in [5.41, 5.74) is -0.0916. The molecule has 0 amide bonds. The Morgan fingerprint density at radius 1 is 1.19 bits per heavy atom. The van der Waals surface area contributed by atoms with Crippen LogP contribution in [0.4, 0.5) is 17.6 Å². The van der Waals surface area contributed by atoms with E-state index in [0.717, 1.165) is 0 Å². The largest absolute Gasteiger partial charge is 0.452 e. The maximum atomic E-state index is 12.0. The van der Waals surface area contributed by atoms with Crippen molar-refractivity contribution in [3.05, 3.63) is 48.0 Å². The van der Waals surface area contributed by atoms with Crippen LogP contribution in [0.1, 0.15) is 10.4 Å². The van der Waals surface area contributed by atoms with Gasteiger partial charge in [-0.15, -0.1) is 0 Å². The van der Waals surface area contributed by atoms with E-state index in [-0.39, 0.29) is 5.56 Å². The second kappa shape index (κ2) is 4.78. The van der Waals surface area contributed by atoms with Gasteiger partial charge in [0.25, 0.3) is 0 Å². The van der Waals surface area contributed by atoms with Gasteiger partial charge in [0.05, 0.1) is 5.56 Å². The van der Waals surface area contributed by atoms with Gasteiger partial charge in [-0.2, -0.15) is 13.2 Å². The molecule has 6 heteroatoms. The molecule has 2 nitrogen and oxygen atoms in total. The van der Waals surface area contributed by atoms with Crippen LogP contribution in [0.5, 0.6) is 0 Å². The summed E-state index contributed by atoms with van der Waals surface area (Å²) in [5.74, 6) is -3.23. The quantitative estimate of drug-likeness (QED) is 0.446. The zero-order valence-corrected chi connectivity index (χ0v) is 7.79. The summed E-state index contributed by atoms with van der Waals surface area (Å²) in [5, 5.41) is 0. The minimum Gasteiger partial charge on any atom is -0.415 e. The Kier molecular flexibility index (Phi) is 3.65. The highest BCUT2D eigenvalue weighted by molar-refractivity contribution is 5.90. The highest BCUT2D eigenvalue weighted by Gasteiger charge is 2.38. The number of hydrogen-bond acceptors (Lipinski definition) is 2. The highest BCUT2D eigenvalue weighted by atomic mass is 19.4. The first-order valence-electron chi connectivity index (χ1n) is 4.10. The molecule has 1 aromatic carbocycles. The lowest BCUT2D eigenvalue weighted by molar-refractivity contribution is -0.124. The van der Waals surface area contributed by atoms with Crippen LogP contribution in [0.2, 0.25) is 0 Å². The maximum absolute atomic E-state index is 12.0. The molecule has 0 N–H and O–H groups in total. The van der Waals surface area contributed by atoms with E-state index in [1.165, 1.54) is 24.3 Å². The number of carbonyl (C=O) groups excluding carboxylic acids is 1. The predicted molar refractivity (Wildman–Crippen MR) is 47.1 cm³/mol. The van der Waals surface area contributed by atoms with Crippen LogP contribution in [-0.4, -0.2) is 12.1 Å². The van der Waals surface area contributed by atoms with E-state index >= 15 is 0 Å². The van der Waals surface area contributed by atoms with Gasteiger partial charge in [-0.05, 0) is 12.1 Å². The molecule has 0 aliphatic rings. The first-order chi connectivity index (χ1) is 7.45. The summed E-state index contributed by atoms with van der Waals surface area (Å²) in [6.45, 7) is 0. The van der Waals surface area contributed by atoms with Crippen LogP contribution in [0.15, 0.2) is 42.4 Å². The van der Waals surface area contributed by atoms with Gasteiger partial charge in [0.2, 0.25) is 5.76 Å². The third-order valence-corrected chi connectivity index (χ3v) is 1.59. The van der Waals surface area contributed by atoms with Gasteiger partial charge in [-0.1, -0.05) is 18.2 Å². The van der Waals surface area contributed by atoms with Crippen LogP contribution < -0.4 is 0 Å². The molecule has 0 aliphatic carbocycles. The molecular formula is C10H6F4O2. The van der Waals surface area contributed by atoms with E-state index in [9.17, 15) is 22.4 Å². The molecule has 0 fully saturated rings. The average Bonchev–Trinajstić information content (AvgIpc) is 2.25. The van der Waals surface area contributed by atoms with E-state index in [2.05, 4.69) is 4.74 Å². The van der Waals surface area contributed by atoms with Gasteiger partial charge in [0, 0.05) is 0 Å². The zero-order valence-electron chi connectivity index (χ0n) is 7.79. The van der Waals surface area contributed by atoms with Crippen molar-refractivity contribution in [3.63, 3.8) is 0 Å². The molecule has 86 valence electrons. The SMILES string of the molecule is O=C(O/C(=C/F)C(F)(F)F)c1ccccc1. The van der Waals surface area contributed by atoms with Crippen molar-refractivity contribution in [3.8, 4) is 0 Å². The van der Waals surface area contributed by atoms with E-state index in [0.29, 0.717) is 0 Å². The molecule has 0 heterocycles. The van der Waals surface area contributed by atoms with Gasteiger partial charge in [-0.3, -0.25) is 0 Å². The van der Waals surface area contributed by atoms with Crippen LogP contribution in [-0.2, 0) is 4.74 Å². The fourth-order valence-electron chi connectivity index (χ4n) is 0.875. The molecule has 0 unspecified atom stereocenters. The first kappa shape index (κ1) is 12.2. The lowest BCUT2D eigenvalue weighted by Gasteiger charge is -2.09. The summed E-state index contributed by atoms with van der Waals surface area (Å²) in [6, 6.07) is 6.99. The molecule has 0 atom stereocenters. The molecule has 0 saturated heterocycles. The fraction of sp³-hybridized carbons (Fsp3) is 0.100. The molecule has 0 aromatic heterocycles. The molecule has 0 aliphatic heterocycles. The van der Waals surface area contributed by atoms with E-state index in [4.69, 9.17) is 0 Å². The maximum Gasteiger partial charge on any atom is 0.452 e. The van der Waals surface area contributed by atoms with Crippen molar-refractivity contribution in [1.82, 2.24) is 0 Å². The van der Waals surface area contributed by atoms with E-state index < -0.39 is 24.2 Å². The molecule has 0 radical (unpaired) electrons. The number of hydrogen-bond donors (Lipinski definition) is 0. The van der Waals surface area contributed by atoms with Crippen LogP contribution in [0.25, 0.3) is 0 Å². The van der Waals surface area contributed by atoms with E-state index in [1.54, 1.807) is 6.07 Å². The Morgan fingerprint density at radius 3 is 2.19 bits per heavy atom.